The van der Waals surface area contributed by atoms with Gasteiger partial charge in [0.25, 0.3) is 0 Å². The molecule has 1 heterocycles. The van der Waals surface area contributed by atoms with Crippen molar-refractivity contribution in [1.29, 1.82) is 0 Å². The molecule has 0 aliphatic rings. The van der Waals surface area contributed by atoms with Crippen LogP contribution in [-0.2, 0) is 6.54 Å². The molecule has 0 bridgehead atoms. The summed E-state index contributed by atoms with van der Waals surface area (Å²) in [6, 6.07) is 9.77. The SMILES string of the molecule is COc1cccc(CN(C)c2cc(OC)ncn2)c1. The third-order valence-electron chi connectivity index (χ3n) is 2.78. The zero-order chi connectivity index (χ0) is 13.7. The van der Waals surface area contributed by atoms with Crippen molar-refractivity contribution in [3.63, 3.8) is 0 Å². The van der Waals surface area contributed by atoms with Crippen molar-refractivity contribution in [3.8, 4) is 11.6 Å². The summed E-state index contributed by atoms with van der Waals surface area (Å²) in [4.78, 5) is 10.3. The van der Waals surface area contributed by atoms with Gasteiger partial charge in [0.1, 0.15) is 17.9 Å². The predicted molar refractivity (Wildman–Crippen MR) is 73.7 cm³/mol. The van der Waals surface area contributed by atoms with Crippen LogP contribution in [0.1, 0.15) is 5.56 Å². The van der Waals surface area contributed by atoms with E-state index in [0.29, 0.717) is 5.88 Å². The van der Waals surface area contributed by atoms with Gasteiger partial charge in [-0.1, -0.05) is 12.1 Å². The lowest BCUT2D eigenvalue weighted by atomic mass is 10.2. The van der Waals surface area contributed by atoms with Gasteiger partial charge in [-0.15, -0.1) is 0 Å². The molecule has 5 heteroatoms. The summed E-state index contributed by atoms with van der Waals surface area (Å²) in [6.07, 6.45) is 1.50. The fourth-order valence-electron chi connectivity index (χ4n) is 1.78. The van der Waals surface area contributed by atoms with Crippen LogP contribution < -0.4 is 14.4 Å². The Bertz CT molecular complexity index is 546. The minimum atomic E-state index is 0.558. The number of hydrogen-bond acceptors (Lipinski definition) is 5. The van der Waals surface area contributed by atoms with E-state index >= 15 is 0 Å². The van der Waals surface area contributed by atoms with E-state index in [1.165, 1.54) is 6.33 Å². The molecule has 0 spiro atoms. The second-order valence-corrected chi connectivity index (χ2v) is 4.13. The number of nitrogens with zero attached hydrogens (tertiary/aromatic N) is 3. The number of ether oxygens (including phenoxy) is 2. The first kappa shape index (κ1) is 13.1. The quantitative estimate of drug-likeness (QED) is 0.823. The molecule has 1 aromatic heterocycles. The molecule has 0 amide bonds. The lowest BCUT2D eigenvalue weighted by Crippen LogP contribution is -2.17. The zero-order valence-electron chi connectivity index (χ0n) is 11.3. The van der Waals surface area contributed by atoms with Crippen LogP contribution in [0.25, 0.3) is 0 Å². The second-order valence-electron chi connectivity index (χ2n) is 4.13. The highest BCUT2D eigenvalue weighted by molar-refractivity contribution is 5.41. The van der Waals surface area contributed by atoms with Crippen LogP contribution in [0.15, 0.2) is 36.7 Å². The van der Waals surface area contributed by atoms with Crippen LogP contribution in [0, 0.1) is 0 Å². The van der Waals surface area contributed by atoms with Gasteiger partial charge in [-0.3, -0.25) is 0 Å². The molecule has 0 aliphatic carbocycles. The van der Waals surface area contributed by atoms with Gasteiger partial charge >= 0.3 is 0 Å². The minimum Gasteiger partial charge on any atom is -0.497 e. The molecule has 0 radical (unpaired) electrons. The summed E-state index contributed by atoms with van der Waals surface area (Å²) in [6.45, 7) is 0.733. The molecule has 0 fully saturated rings. The molecule has 0 N–H and O–H groups in total. The highest BCUT2D eigenvalue weighted by Gasteiger charge is 2.06. The normalized spacial score (nSPS) is 10.1. The largest absolute Gasteiger partial charge is 0.497 e. The van der Waals surface area contributed by atoms with E-state index < -0.39 is 0 Å². The number of aromatic nitrogens is 2. The molecular weight excluding hydrogens is 242 g/mol. The van der Waals surface area contributed by atoms with Crippen LogP contribution in [0.5, 0.6) is 11.6 Å². The number of anilines is 1. The molecule has 100 valence electrons. The Morgan fingerprint density at radius 2 is 1.95 bits per heavy atom. The van der Waals surface area contributed by atoms with Crippen molar-refractivity contribution >= 4 is 5.82 Å². The van der Waals surface area contributed by atoms with Crippen LogP contribution in [0.4, 0.5) is 5.82 Å². The Balaban J connectivity index is 2.13. The molecule has 5 nitrogen and oxygen atoms in total. The van der Waals surface area contributed by atoms with E-state index in [0.717, 1.165) is 23.7 Å². The Morgan fingerprint density at radius 3 is 2.68 bits per heavy atom. The topological polar surface area (TPSA) is 47.5 Å². The van der Waals surface area contributed by atoms with E-state index in [2.05, 4.69) is 16.0 Å². The molecule has 1 aromatic carbocycles. The van der Waals surface area contributed by atoms with Crippen molar-refractivity contribution in [1.82, 2.24) is 9.97 Å². The van der Waals surface area contributed by atoms with Gasteiger partial charge in [0.05, 0.1) is 14.2 Å². The number of benzene rings is 1. The maximum atomic E-state index is 5.21. The highest BCUT2D eigenvalue weighted by atomic mass is 16.5. The average Bonchev–Trinajstić information content (AvgIpc) is 2.47. The molecule has 2 aromatic rings. The summed E-state index contributed by atoms with van der Waals surface area (Å²) in [5, 5.41) is 0. The van der Waals surface area contributed by atoms with Crippen molar-refractivity contribution in [2.45, 2.75) is 6.54 Å². The summed E-state index contributed by atoms with van der Waals surface area (Å²) >= 11 is 0. The molecule has 0 saturated heterocycles. The summed E-state index contributed by atoms with van der Waals surface area (Å²) in [7, 11) is 5.23. The Kier molecular flexibility index (Phi) is 4.18. The molecule has 0 unspecified atom stereocenters. The van der Waals surface area contributed by atoms with Crippen LogP contribution in [-0.4, -0.2) is 31.2 Å². The van der Waals surface area contributed by atoms with Crippen LogP contribution in [0.2, 0.25) is 0 Å². The lowest BCUT2D eigenvalue weighted by Gasteiger charge is -2.18. The zero-order valence-corrected chi connectivity index (χ0v) is 11.3. The van der Waals surface area contributed by atoms with Crippen molar-refractivity contribution in [3.05, 3.63) is 42.2 Å². The van der Waals surface area contributed by atoms with Gasteiger partial charge in [0, 0.05) is 19.7 Å². The van der Waals surface area contributed by atoms with Gasteiger partial charge in [0.15, 0.2) is 0 Å². The molecule has 19 heavy (non-hydrogen) atoms. The van der Waals surface area contributed by atoms with Gasteiger partial charge in [-0.05, 0) is 17.7 Å². The van der Waals surface area contributed by atoms with Gasteiger partial charge in [-0.2, -0.15) is 0 Å². The third kappa shape index (κ3) is 3.34. The average molecular weight is 259 g/mol. The fraction of sp³-hybridized carbons (Fsp3) is 0.286. The van der Waals surface area contributed by atoms with E-state index in [1.54, 1.807) is 20.3 Å². The summed E-state index contributed by atoms with van der Waals surface area (Å²) in [5.41, 5.74) is 1.15. The first-order valence-electron chi connectivity index (χ1n) is 5.93. The van der Waals surface area contributed by atoms with Crippen LogP contribution >= 0.6 is 0 Å². The number of rotatable bonds is 5. The third-order valence-corrected chi connectivity index (χ3v) is 2.78. The number of methoxy groups -OCH3 is 2. The molecule has 2 rings (SSSR count). The van der Waals surface area contributed by atoms with Gasteiger partial charge in [-0.25, -0.2) is 9.97 Å². The maximum Gasteiger partial charge on any atom is 0.218 e. The van der Waals surface area contributed by atoms with E-state index in [9.17, 15) is 0 Å². The lowest BCUT2D eigenvalue weighted by molar-refractivity contribution is 0.397. The Labute approximate surface area is 112 Å². The van der Waals surface area contributed by atoms with Crippen molar-refractivity contribution < 1.29 is 9.47 Å². The maximum absolute atomic E-state index is 5.21. The fourth-order valence-corrected chi connectivity index (χ4v) is 1.78. The smallest absolute Gasteiger partial charge is 0.218 e. The Morgan fingerprint density at radius 1 is 1.11 bits per heavy atom. The second kappa shape index (κ2) is 6.04. The van der Waals surface area contributed by atoms with Gasteiger partial charge < -0.3 is 14.4 Å². The summed E-state index contributed by atoms with van der Waals surface area (Å²) in [5.74, 6) is 2.23. The van der Waals surface area contributed by atoms with E-state index in [4.69, 9.17) is 9.47 Å². The molecular formula is C14H17N3O2. The molecule has 0 saturated carbocycles. The monoisotopic (exact) mass is 259 g/mol. The first-order chi connectivity index (χ1) is 9.22. The summed E-state index contributed by atoms with van der Waals surface area (Å²) < 4.78 is 10.3. The van der Waals surface area contributed by atoms with E-state index in [1.807, 2.05) is 30.1 Å². The molecule has 0 atom stereocenters. The highest BCUT2D eigenvalue weighted by Crippen LogP contribution is 2.18. The van der Waals surface area contributed by atoms with Crippen LogP contribution in [0.3, 0.4) is 0 Å². The van der Waals surface area contributed by atoms with Crippen molar-refractivity contribution in [2.75, 3.05) is 26.2 Å². The Hall–Kier alpha value is -2.30. The first-order valence-corrected chi connectivity index (χ1v) is 5.93. The van der Waals surface area contributed by atoms with Gasteiger partial charge in [0.2, 0.25) is 5.88 Å². The van der Waals surface area contributed by atoms with E-state index in [-0.39, 0.29) is 0 Å². The molecule has 0 aliphatic heterocycles. The minimum absolute atomic E-state index is 0.558. The standard InChI is InChI=1S/C14H17N3O2/c1-17(13-8-14(19-3)16-10-15-13)9-11-5-4-6-12(7-11)18-2/h4-8,10H,9H2,1-3H3. The van der Waals surface area contributed by atoms with Crippen molar-refractivity contribution in [2.24, 2.45) is 0 Å². The number of hydrogen-bond donors (Lipinski definition) is 0. The predicted octanol–water partition coefficient (Wildman–Crippen LogP) is 2.13.